The average molecular weight is 707 g/mol. The van der Waals surface area contributed by atoms with Crippen molar-refractivity contribution in [3.63, 3.8) is 0 Å². The summed E-state index contributed by atoms with van der Waals surface area (Å²) in [6.07, 6.45) is 0. The van der Waals surface area contributed by atoms with Gasteiger partial charge in [-0.05, 0) is 111 Å². The molecule has 10 nitrogen and oxygen atoms in total. The monoisotopic (exact) mass is 706 g/mol. The first-order chi connectivity index (χ1) is 21.0. The summed E-state index contributed by atoms with van der Waals surface area (Å²) in [4.78, 5) is -0.655. The zero-order valence-electron chi connectivity index (χ0n) is 25.9. The number of benzene rings is 4. The molecule has 0 spiro atoms. The molecule has 0 saturated carbocycles. The van der Waals surface area contributed by atoms with Crippen molar-refractivity contribution in [3.05, 3.63) is 90.5 Å². The van der Waals surface area contributed by atoms with Crippen LogP contribution in [0.1, 0.15) is 47.1 Å². The highest BCUT2D eigenvalue weighted by Crippen LogP contribution is 2.37. The molecule has 4 aromatic carbocycles. The number of ether oxygens (including phenoxy) is 2. The van der Waals surface area contributed by atoms with Crippen LogP contribution in [0.15, 0.2) is 114 Å². The fourth-order valence-corrected chi connectivity index (χ4v) is 8.19. The van der Waals surface area contributed by atoms with Crippen molar-refractivity contribution in [1.82, 2.24) is 0 Å². The van der Waals surface area contributed by atoms with Gasteiger partial charge in [0, 0.05) is 9.79 Å². The highest BCUT2D eigenvalue weighted by Gasteiger charge is 2.29. The summed E-state index contributed by atoms with van der Waals surface area (Å²) >= 11 is 1.48. The van der Waals surface area contributed by atoms with Gasteiger partial charge >= 0.3 is 0 Å². The summed E-state index contributed by atoms with van der Waals surface area (Å²) in [5.74, 6) is 0.627. The molecule has 2 N–H and O–H groups in total. The van der Waals surface area contributed by atoms with E-state index in [1.54, 1.807) is 45.0 Å². The first kappa shape index (κ1) is 35.5. The maximum absolute atomic E-state index is 13.5. The third kappa shape index (κ3) is 8.69. The van der Waals surface area contributed by atoms with Crippen LogP contribution in [-0.4, -0.2) is 40.0 Å². The number of sulfone groups is 1. The van der Waals surface area contributed by atoms with Gasteiger partial charge < -0.3 is 9.47 Å². The van der Waals surface area contributed by atoms with Crippen molar-refractivity contribution in [2.45, 2.75) is 81.9 Å². The normalized spacial score (nSPS) is 13.0. The van der Waals surface area contributed by atoms with Gasteiger partial charge in [-0.25, -0.2) is 8.42 Å². The van der Waals surface area contributed by atoms with Gasteiger partial charge in [0.05, 0.1) is 14.7 Å². The predicted molar refractivity (Wildman–Crippen MR) is 174 cm³/mol. The highest BCUT2D eigenvalue weighted by molar-refractivity contribution is 7.99. The van der Waals surface area contributed by atoms with Gasteiger partial charge in [0.2, 0.25) is 9.84 Å². The second-order valence-corrected chi connectivity index (χ2v) is 18.2. The molecule has 0 unspecified atom stereocenters. The Balaban J connectivity index is 1.61. The minimum atomic E-state index is -4.98. The lowest BCUT2D eigenvalue weighted by Crippen LogP contribution is -2.22. The third-order valence-corrected chi connectivity index (χ3v) is 10.9. The first-order valence-electron chi connectivity index (χ1n) is 13.8. The molecule has 0 amide bonds. The molecule has 0 saturated heterocycles. The van der Waals surface area contributed by atoms with Gasteiger partial charge in [-0.3, -0.25) is 9.11 Å². The van der Waals surface area contributed by atoms with Crippen molar-refractivity contribution in [2.24, 2.45) is 0 Å². The Morgan fingerprint density at radius 3 is 1.50 bits per heavy atom. The zero-order valence-corrected chi connectivity index (χ0v) is 29.1. The summed E-state index contributed by atoms with van der Waals surface area (Å²) in [5, 5.41) is 0. The van der Waals surface area contributed by atoms with E-state index in [0.29, 0.717) is 0 Å². The molecule has 46 heavy (non-hydrogen) atoms. The predicted octanol–water partition coefficient (Wildman–Crippen LogP) is 7.43. The summed E-state index contributed by atoms with van der Waals surface area (Å²) in [6.45, 7) is 11.0. The molecular formula is C32H34O10S4. The van der Waals surface area contributed by atoms with Crippen molar-refractivity contribution < 1.29 is 43.8 Å². The smallest absolute Gasteiger partial charge is 0.298 e. The number of rotatable bonds is 9. The van der Waals surface area contributed by atoms with Crippen LogP contribution >= 0.6 is 11.8 Å². The van der Waals surface area contributed by atoms with Crippen molar-refractivity contribution in [1.29, 1.82) is 0 Å². The molecule has 14 heteroatoms. The van der Waals surface area contributed by atoms with Crippen LogP contribution in [0.2, 0.25) is 0 Å². The summed E-state index contributed by atoms with van der Waals surface area (Å²) < 4.78 is 107. The van der Waals surface area contributed by atoms with Gasteiger partial charge in [0.25, 0.3) is 20.2 Å². The van der Waals surface area contributed by atoms with E-state index < -0.39 is 55.1 Å². The summed E-state index contributed by atoms with van der Waals surface area (Å²) in [5.41, 5.74) is -0.888. The molecule has 0 fully saturated rings. The second-order valence-electron chi connectivity index (χ2n) is 12.3. The largest absolute Gasteiger partial charge is 0.488 e. The fraction of sp³-hybridized carbons (Fsp3) is 0.250. The van der Waals surface area contributed by atoms with Gasteiger partial charge in [-0.1, -0.05) is 38.6 Å². The molecule has 4 rings (SSSR count). The molecule has 0 radical (unpaired) electrons. The van der Waals surface area contributed by atoms with Gasteiger partial charge in [-0.2, -0.15) is 16.8 Å². The SMILES string of the molecule is CC(C)(C)Oc1ccc(Sc2ccc(Oc3ccc(S(=O)(=O)c4ccc(C(C)(C)C)c(S(=O)(=O)O)c4)cc3S(=O)(=O)O)cc2)cc1. The molecule has 246 valence electrons. The van der Waals surface area contributed by atoms with E-state index in [0.717, 1.165) is 45.9 Å². The Labute approximate surface area is 274 Å². The molecule has 0 heterocycles. The minimum absolute atomic E-state index is 0.185. The Kier molecular flexibility index (Phi) is 9.76. The van der Waals surface area contributed by atoms with Gasteiger partial charge in [0.1, 0.15) is 27.7 Å². The average Bonchev–Trinajstić information content (AvgIpc) is 2.92. The fourth-order valence-electron chi connectivity index (χ4n) is 4.35. The van der Waals surface area contributed by atoms with Crippen LogP contribution in [0.3, 0.4) is 0 Å². The van der Waals surface area contributed by atoms with E-state index in [1.807, 2.05) is 45.0 Å². The molecule has 0 aromatic heterocycles. The lowest BCUT2D eigenvalue weighted by Gasteiger charge is -2.22. The maximum atomic E-state index is 13.5. The van der Waals surface area contributed by atoms with E-state index in [9.17, 15) is 34.4 Å². The first-order valence-corrected chi connectivity index (χ1v) is 19.0. The molecule has 0 aliphatic heterocycles. The maximum Gasteiger partial charge on any atom is 0.298 e. The quantitative estimate of drug-likeness (QED) is 0.167. The lowest BCUT2D eigenvalue weighted by molar-refractivity contribution is 0.131. The molecule has 0 bridgehead atoms. The van der Waals surface area contributed by atoms with Crippen LogP contribution in [0.4, 0.5) is 0 Å². The summed E-state index contributed by atoms with van der Waals surface area (Å²) in [6, 6.07) is 20.4. The van der Waals surface area contributed by atoms with Crippen molar-refractivity contribution in [3.8, 4) is 17.2 Å². The number of hydrogen-bond donors (Lipinski definition) is 2. The highest BCUT2D eigenvalue weighted by atomic mass is 32.2. The van der Waals surface area contributed by atoms with E-state index in [1.165, 1.54) is 17.8 Å². The lowest BCUT2D eigenvalue weighted by atomic mass is 9.87. The Bertz CT molecular complexity index is 2070. The molecule has 0 aliphatic rings. The van der Waals surface area contributed by atoms with Crippen LogP contribution in [0.5, 0.6) is 17.2 Å². The number of hydrogen-bond acceptors (Lipinski definition) is 9. The second kappa shape index (κ2) is 12.7. The molecule has 0 atom stereocenters. The van der Waals surface area contributed by atoms with Crippen molar-refractivity contribution in [2.75, 3.05) is 0 Å². The van der Waals surface area contributed by atoms with Crippen LogP contribution < -0.4 is 9.47 Å². The minimum Gasteiger partial charge on any atom is -0.488 e. The van der Waals surface area contributed by atoms with Crippen LogP contribution in [0.25, 0.3) is 0 Å². The van der Waals surface area contributed by atoms with Gasteiger partial charge in [0.15, 0.2) is 0 Å². The summed E-state index contributed by atoms with van der Waals surface area (Å²) in [7, 11) is -14.3. The van der Waals surface area contributed by atoms with Gasteiger partial charge in [-0.15, -0.1) is 0 Å². The molecule has 0 aliphatic carbocycles. The topological polar surface area (TPSA) is 161 Å². The van der Waals surface area contributed by atoms with E-state index in [-0.39, 0.29) is 22.7 Å². The molecular weight excluding hydrogens is 673 g/mol. The standard InChI is InChI=1S/C32H34O10S4/c1-31(2,3)27-17-15-25(19-29(27)45(35,36)37)44(33,34)26-16-18-28(30(20-26)46(38,39)40)41-21-7-11-23(12-8-21)43-24-13-9-22(10-14-24)42-32(4,5)6/h7-20H,1-6H3,(H,35,36,37)(H,38,39,40). The Hall–Kier alpha value is -3.40. The van der Waals surface area contributed by atoms with E-state index in [4.69, 9.17) is 9.47 Å². The Morgan fingerprint density at radius 1 is 0.587 bits per heavy atom. The van der Waals surface area contributed by atoms with Crippen LogP contribution in [-0.2, 0) is 35.5 Å². The third-order valence-electron chi connectivity index (χ3n) is 6.39. The van der Waals surface area contributed by atoms with E-state index >= 15 is 0 Å². The Morgan fingerprint density at radius 2 is 1.04 bits per heavy atom. The van der Waals surface area contributed by atoms with Crippen LogP contribution in [0, 0.1) is 0 Å². The van der Waals surface area contributed by atoms with E-state index in [2.05, 4.69) is 0 Å². The zero-order chi connectivity index (χ0) is 34.3. The van der Waals surface area contributed by atoms with Crippen molar-refractivity contribution >= 4 is 41.8 Å². The molecule has 4 aromatic rings.